The highest BCUT2D eigenvalue weighted by molar-refractivity contribution is 5.54. The molecule has 0 aliphatic carbocycles. The zero-order chi connectivity index (χ0) is 16.5. The van der Waals surface area contributed by atoms with Gasteiger partial charge in [0.1, 0.15) is 11.5 Å². The molecule has 0 radical (unpaired) electrons. The van der Waals surface area contributed by atoms with Gasteiger partial charge in [-0.2, -0.15) is 0 Å². The van der Waals surface area contributed by atoms with Gasteiger partial charge in [-0.1, -0.05) is 19.1 Å². The van der Waals surface area contributed by atoms with Crippen LogP contribution in [0.15, 0.2) is 42.5 Å². The Hall–Kier alpha value is -2.36. The lowest BCUT2D eigenvalue weighted by atomic mass is 10.1. The van der Waals surface area contributed by atoms with Gasteiger partial charge in [-0.25, -0.2) is 0 Å². The fourth-order valence-corrected chi connectivity index (χ4v) is 2.36. The van der Waals surface area contributed by atoms with Crippen molar-refractivity contribution < 1.29 is 9.47 Å². The molecule has 0 aliphatic heterocycles. The number of hydrogen-bond acceptors (Lipinski definition) is 4. The maximum absolute atomic E-state index is 6.03. The van der Waals surface area contributed by atoms with Crippen molar-refractivity contribution in [2.75, 3.05) is 31.3 Å². The van der Waals surface area contributed by atoms with E-state index in [-0.39, 0.29) is 0 Å². The molecule has 3 N–H and O–H groups in total. The van der Waals surface area contributed by atoms with E-state index in [1.54, 1.807) is 7.11 Å². The smallest absolute Gasteiger partial charge is 0.142 e. The molecule has 0 spiro atoms. The lowest BCUT2D eigenvalue weighted by Gasteiger charge is -2.10. The van der Waals surface area contributed by atoms with Gasteiger partial charge in [-0.3, -0.25) is 0 Å². The van der Waals surface area contributed by atoms with Crippen molar-refractivity contribution in [3.8, 4) is 11.5 Å². The van der Waals surface area contributed by atoms with Crippen LogP contribution in [0.25, 0.3) is 0 Å². The third-order valence-corrected chi connectivity index (χ3v) is 3.58. The SMILES string of the molecule is CCCOc1ccc(CCCNc2cccc(OC)c2)cc1N. The van der Waals surface area contributed by atoms with Crippen LogP contribution in [-0.2, 0) is 6.42 Å². The first-order chi connectivity index (χ1) is 11.2. The molecule has 2 aromatic carbocycles. The van der Waals surface area contributed by atoms with Crippen molar-refractivity contribution in [3.63, 3.8) is 0 Å². The first kappa shape index (κ1) is 17.0. The number of ether oxygens (including phenoxy) is 2. The maximum Gasteiger partial charge on any atom is 0.142 e. The lowest BCUT2D eigenvalue weighted by Crippen LogP contribution is -2.04. The Morgan fingerprint density at radius 1 is 1.13 bits per heavy atom. The van der Waals surface area contributed by atoms with Crippen LogP contribution in [0.4, 0.5) is 11.4 Å². The second kappa shape index (κ2) is 8.93. The van der Waals surface area contributed by atoms with E-state index in [2.05, 4.69) is 18.3 Å². The van der Waals surface area contributed by atoms with E-state index < -0.39 is 0 Å². The fraction of sp³-hybridized carbons (Fsp3) is 0.368. The zero-order valence-corrected chi connectivity index (χ0v) is 14.0. The minimum Gasteiger partial charge on any atom is -0.497 e. The molecule has 4 nitrogen and oxygen atoms in total. The van der Waals surface area contributed by atoms with Crippen LogP contribution in [0.2, 0.25) is 0 Å². The van der Waals surface area contributed by atoms with Gasteiger partial charge < -0.3 is 20.5 Å². The van der Waals surface area contributed by atoms with Gasteiger partial charge in [-0.05, 0) is 49.1 Å². The molecular formula is C19H26N2O2. The topological polar surface area (TPSA) is 56.5 Å². The van der Waals surface area contributed by atoms with Crippen molar-refractivity contribution in [1.29, 1.82) is 0 Å². The van der Waals surface area contributed by atoms with Crippen molar-refractivity contribution >= 4 is 11.4 Å². The minimum atomic E-state index is 0.702. The molecule has 0 saturated heterocycles. The third-order valence-electron chi connectivity index (χ3n) is 3.58. The summed E-state index contributed by atoms with van der Waals surface area (Å²) in [6, 6.07) is 14.0. The predicted molar refractivity (Wildman–Crippen MR) is 96.4 cm³/mol. The van der Waals surface area contributed by atoms with E-state index in [4.69, 9.17) is 15.2 Å². The normalized spacial score (nSPS) is 10.3. The Bertz CT molecular complexity index is 614. The predicted octanol–water partition coefficient (Wildman–Crippen LogP) is 4.11. The van der Waals surface area contributed by atoms with Crippen LogP contribution in [0.1, 0.15) is 25.3 Å². The number of anilines is 2. The van der Waals surface area contributed by atoms with Crippen LogP contribution in [0, 0.1) is 0 Å². The molecule has 0 aliphatic rings. The number of hydrogen-bond donors (Lipinski definition) is 2. The van der Waals surface area contributed by atoms with Crippen molar-refractivity contribution in [3.05, 3.63) is 48.0 Å². The van der Waals surface area contributed by atoms with Crippen molar-refractivity contribution in [2.45, 2.75) is 26.2 Å². The summed E-state index contributed by atoms with van der Waals surface area (Å²) in [5, 5.41) is 3.41. The van der Waals surface area contributed by atoms with Crippen LogP contribution in [0.5, 0.6) is 11.5 Å². The standard InChI is InChI=1S/C19H26N2O2/c1-3-12-23-19-10-9-15(13-18(19)20)6-5-11-21-16-7-4-8-17(14-16)22-2/h4,7-10,13-14,21H,3,5-6,11-12,20H2,1-2H3. The Labute approximate surface area is 138 Å². The Morgan fingerprint density at radius 2 is 2.00 bits per heavy atom. The maximum atomic E-state index is 6.03. The summed E-state index contributed by atoms with van der Waals surface area (Å²) >= 11 is 0. The lowest BCUT2D eigenvalue weighted by molar-refractivity contribution is 0.319. The van der Waals surface area contributed by atoms with E-state index in [9.17, 15) is 0 Å². The fourth-order valence-electron chi connectivity index (χ4n) is 2.36. The van der Waals surface area contributed by atoms with Crippen molar-refractivity contribution in [1.82, 2.24) is 0 Å². The molecule has 0 heterocycles. The molecular weight excluding hydrogens is 288 g/mol. The monoisotopic (exact) mass is 314 g/mol. The highest BCUT2D eigenvalue weighted by atomic mass is 16.5. The van der Waals surface area contributed by atoms with E-state index >= 15 is 0 Å². The molecule has 124 valence electrons. The Morgan fingerprint density at radius 3 is 2.74 bits per heavy atom. The average Bonchev–Trinajstić information content (AvgIpc) is 2.58. The molecule has 0 saturated carbocycles. The second-order valence-corrected chi connectivity index (χ2v) is 5.48. The minimum absolute atomic E-state index is 0.702. The summed E-state index contributed by atoms with van der Waals surface area (Å²) in [5.74, 6) is 1.65. The average molecular weight is 314 g/mol. The molecule has 0 aromatic heterocycles. The summed E-state index contributed by atoms with van der Waals surface area (Å²) < 4.78 is 10.8. The number of benzene rings is 2. The molecule has 0 fully saturated rings. The number of nitrogens with two attached hydrogens (primary N) is 1. The van der Waals surface area contributed by atoms with Gasteiger partial charge in [0.15, 0.2) is 0 Å². The van der Waals surface area contributed by atoms with Gasteiger partial charge in [0.2, 0.25) is 0 Å². The molecule has 0 bridgehead atoms. The third kappa shape index (κ3) is 5.40. The zero-order valence-electron chi connectivity index (χ0n) is 14.0. The van der Waals surface area contributed by atoms with E-state index in [0.29, 0.717) is 6.61 Å². The summed E-state index contributed by atoms with van der Waals surface area (Å²) in [5.41, 5.74) is 9.07. The van der Waals surface area contributed by atoms with Crippen LogP contribution >= 0.6 is 0 Å². The molecule has 2 rings (SSSR count). The number of nitrogen functional groups attached to an aromatic ring is 1. The summed E-state index contributed by atoms with van der Waals surface area (Å²) in [7, 11) is 1.68. The number of aryl methyl sites for hydroxylation is 1. The Kier molecular flexibility index (Phi) is 6.60. The molecule has 23 heavy (non-hydrogen) atoms. The Balaban J connectivity index is 1.78. The van der Waals surface area contributed by atoms with Crippen LogP contribution in [0.3, 0.4) is 0 Å². The number of rotatable bonds is 9. The molecule has 4 heteroatoms. The number of nitrogens with one attached hydrogen (secondary N) is 1. The van der Waals surface area contributed by atoms with E-state index in [0.717, 1.165) is 48.7 Å². The number of methoxy groups -OCH3 is 1. The molecule has 0 amide bonds. The van der Waals surface area contributed by atoms with Crippen LogP contribution in [-0.4, -0.2) is 20.3 Å². The van der Waals surface area contributed by atoms with Gasteiger partial charge in [0.05, 0.1) is 19.4 Å². The summed E-state index contributed by atoms with van der Waals surface area (Å²) in [4.78, 5) is 0. The van der Waals surface area contributed by atoms with E-state index in [1.165, 1.54) is 5.56 Å². The van der Waals surface area contributed by atoms with E-state index in [1.807, 2.05) is 36.4 Å². The first-order valence-corrected chi connectivity index (χ1v) is 8.12. The summed E-state index contributed by atoms with van der Waals surface area (Å²) in [6.07, 6.45) is 3.00. The quantitative estimate of drug-likeness (QED) is 0.540. The molecule has 0 atom stereocenters. The molecule has 0 unspecified atom stereocenters. The van der Waals surface area contributed by atoms with Gasteiger partial charge in [-0.15, -0.1) is 0 Å². The second-order valence-electron chi connectivity index (χ2n) is 5.48. The van der Waals surface area contributed by atoms with Crippen molar-refractivity contribution in [2.24, 2.45) is 0 Å². The largest absolute Gasteiger partial charge is 0.497 e. The highest BCUT2D eigenvalue weighted by Gasteiger charge is 2.02. The summed E-state index contributed by atoms with van der Waals surface area (Å²) in [6.45, 7) is 3.69. The van der Waals surface area contributed by atoms with Gasteiger partial charge in [0, 0.05) is 18.3 Å². The van der Waals surface area contributed by atoms with Crippen LogP contribution < -0.4 is 20.5 Å². The van der Waals surface area contributed by atoms with Gasteiger partial charge in [0.25, 0.3) is 0 Å². The first-order valence-electron chi connectivity index (χ1n) is 8.12. The highest BCUT2D eigenvalue weighted by Crippen LogP contribution is 2.23. The molecule has 2 aromatic rings. The van der Waals surface area contributed by atoms with Gasteiger partial charge >= 0.3 is 0 Å².